The summed E-state index contributed by atoms with van der Waals surface area (Å²) in [6.07, 6.45) is 0.985. The fraction of sp³-hybridized carbons (Fsp3) is 0.588. The largest absolute Gasteiger partial charge is 0.509 e. The van der Waals surface area contributed by atoms with Gasteiger partial charge in [0.2, 0.25) is 0 Å². The monoisotopic (exact) mass is 330 g/mol. The summed E-state index contributed by atoms with van der Waals surface area (Å²) < 4.78 is 12.3. The summed E-state index contributed by atoms with van der Waals surface area (Å²) in [4.78, 5) is 18.3. The zero-order chi connectivity index (χ0) is 16.9. The normalized spacial score (nSPS) is 20.0. The van der Waals surface area contributed by atoms with Crippen molar-refractivity contribution in [3.05, 3.63) is 23.5 Å². The highest BCUT2D eigenvalue weighted by Gasteiger charge is 2.45. The molecular weight excluding hydrogens is 308 g/mol. The first-order chi connectivity index (χ1) is 11.5. The molecule has 2 aromatic rings. The number of carbonyl (C=O) groups is 1. The molecule has 0 atom stereocenters. The van der Waals surface area contributed by atoms with Gasteiger partial charge < -0.3 is 14.4 Å². The average molecular weight is 330 g/mol. The van der Waals surface area contributed by atoms with Crippen molar-refractivity contribution in [3.8, 4) is 0 Å². The van der Waals surface area contributed by atoms with Gasteiger partial charge >= 0.3 is 6.16 Å². The molecule has 0 bridgehead atoms. The minimum Gasteiger partial charge on any atom is -0.430 e. The number of ether oxygens (including phenoxy) is 2. The Labute approximate surface area is 140 Å². The SMILES string of the molecule is Cc1cc2nc(C(C)C)cc(N3CCC4(CC3)COC(=O)O4)n2n1. The molecule has 2 aliphatic rings. The highest BCUT2D eigenvalue weighted by molar-refractivity contribution is 5.63. The number of aromatic nitrogens is 3. The Balaban J connectivity index is 1.65. The Kier molecular flexibility index (Phi) is 3.40. The van der Waals surface area contributed by atoms with Crippen LogP contribution in [0.3, 0.4) is 0 Å². The van der Waals surface area contributed by atoms with Crippen molar-refractivity contribution in [1.29, 1.82) is 0 Å². The van der Waals surface area contributed by atoms with Gasteiger partial charge in [-0.25, -0.2) is 9.78 Å². The lowest BCUT2D eigenvalue weighted by atomic mass is 9.92. The third kappa shape index (κ3) is 2.48. The van der Waals surface area contributed by atoms with Crippen LogP contribution in [0.1, 0.15) is 44.0 Å². The fourth-order valence-electron chi connectivity index (χ4n) is 3.43. The molecule has 0 saturated carbocycles. The lowest BCUT2D eigenvalue weighted by molar-refractivity contribution is 0.0365. The van der Waals surface area contributed by atoms with Gasteiger partial charge in [-0.3, -0.25) is 0 Å². The molecule has 1 spiro atoms. The van der Waals surface area contributed by atoms with Crippen LogP contribution < -0.4 is 4.90 Å². The topological polar surface area (TPSA) is 69.0 Å². The Hall–Kier alpha value is -2.31. The van der Waals surface area contributed by atoms with Gasteiger partial charge in [-0.2, -0.15) is 9.61 Å². The molecule has 24 heavy (non-hydrogen) atoms. The van der Waals surface area contributed by atoms with Crippen LogP contribution in [0.4, 0.5) is 10.6 Å². The number of carbonyl (C=O) groups excluding carboxylic acids is 1. The molecule has 2 fully saturated rings. The number of hydrogen-bond acceptors (Lipinski definition) is 6. The first kappa shape index (κ1) is 15.2. The van der Waals surface area contributed by atoms with Crippen LogP contribution in [0, 0.1) is 6.92 Å². The van der Waals surface area contributed by atoms with Crippen LogP contribution in [-0.2, 0) is 9.47 Å². The summed E-state index contributed by atoms with van der Waals surface area (Å²) in [7, 11) is 0. The molecule has 2 aliphatic heterocycles. The van der Waals surface area contributed by atoms with Crippen molar-refractivity contribution >= 4 is 17.6 Å². The van der Waals surface area contributed by atoms with Crippen LogP contribution in [0.5, 0.6) is 0 Å². The first-order valence-corrected chi connectivity index (χ1v) is 8.44. The van der Waals surface area contributed by atoms with Crippen LogP contribution in [0.25, 0.3) is 5.65 Å². The van der Waals surface area contributed by atoms with Gasteiger partial charge in [0.05, 0.1) is 5.69 Å². The molecule has 7 nitrogen and oxygen atoms in total. The average Bonchev–Trinajstić information content (AvgIpc) is 3.09. The Morgan fingerprint density at radius 2 is 2.00 bits per heavy atom. The number of aryl methyl sites for hydroxylation is 1. The fourth-order valence-corrected chi connectivity index (χ4v) is 3.43. The van der Waals surface area contributed by atoms with Crippen molar-refractivity contribution in [2.75, 3.05) is 24.6 Å². The highest BCUT2D eigenvalue weighted by Crippen LogP contribution is 2.34. The molecule has 0 unspecified atom stereocenters. The summed E-state index contributed by atoms with van der Waals surface area (Å²) in [6, 6.07) is 4.13. The molecule has 0 amide bonds. The van der Waals surface area contributed by atoms with Crippen molar-refractivity contribution in [1.82, 2.24) is 14.6 Å². The van der Waals surface area contributed by atoms with E-state index in [1.165, 1.54) is 0 Å². The predicted octanol–water partition coefficient (Wildman–Crippen LogP) is 2.67. The van der Waals surface area contributed by atoms with E-state index in [4.69, 9.17) is 14.5 Å². The molecule has 2 aromatic heterocycles. The quantitative estimate of drug-likeness (QED) is 0.789. The minimum absolute atomic E-state index is 0.351. The van der Waals surface area contributed by atoms with E-state index in [-0.39, 0.29) is 0 Å². The maximum Gasteiger partial charge on any atom is 0.509 e. The van der Waals surface area contributed by atoms with Gasteiger partial charge in [0.25, 0.3) is 0 Å². The highest BCUT2D eigenvalue weighted by atomic mass is 16.8. The number of piperidine rings is 1. The number of cyclic esters (lactones) is 1. The van der Waals surface area contributed by atoms with E-state index in [2.05, 4.69) is 29.9 Å². The molecule has 7 heteroatoms. The van der Waals surface area contributed by atoms with Crippen molar-refractivity contribution in [2.45, 2.75) is 45.1 Å². The Bertz CT molecular complexity index is 790. The first-order valence-electron chi connectivity index (χ1n) is 8.44. The molecule has 0 aromatic carbocycles. The van der Waals surface area contributed by atoms with Gasteiger partial charge in [-0.1, -0.05) is 13.8 Å². The van der Waals surface area contributed by atoms with Crippen LogP contribution in [-0.4, -0.2) is 46.1 Å². The summed E-state index contributed by atoms with van der Waals surface area (Å²) in [5.41, 5.74) is 2.45. The lowest BCUT2D eigenvalue weighted by Gasteiger charge is -2.37. The third-order valence-corrected chi connectivity index (χ3v) is 4.89. The van der Waals surface area contributed by atoms with E-state index < -0.39 is 11.8 Å². The molecule has 0 aliphatic carbocycles. The molecule has 4 rings (SSSR count). The van der Waals surface area contributed by atoms with Crippen LogP contribution >= 0.6 is 0 Å². The second-order valence-electron chi connectivity index (χ2n) is 7.06. The lowest BCUT2D eigenvalue weighted by Crippen LogP contribution is -2.46. The van der Waals surface area contributed by atoms with E-state index in [1.807, 2.05) is 17.5 Å². The minimum atomic E-state index is -0.542. The molecule has 2 saturated heterocycles. The van der Waals surface area contributed by atoms with E-state index in [0.717, 1.165) is 48.8 Å². The summed E-state index contributed by atoms with van der Waals surface area (Å²) in [5.74, 6) is 1.40. The van der Waals surface area contributed by atoms with Gasteiger partial charge in [-0.05, 0) is 12.8 Å². The van der Waals surface area contributed by atoms with Crippen molar-refractivity contribution in [3.63, 3.8) is 0 Å². The maximum absolute atomic E-state index is 11.3. The van der Waals surface area contributed by atoms with Gasteiger partial charge in [0.1, 0.15) is 12.4 Å². The van der Waals surface area contributed by atoms with E-state index in [0.29, 0.717) is 12.5 Å². The number of nitrogens with zero attached hydrogens (tertiary/aromatic N) is 4. The maximum atomic E-state index is 11.3. The summed E-state index contributed by atoms with van der Waals surface area (Å²) in [5, 5.41) is 4.59. The zero-order valence-electron chi connectivity index (χ0n) is 14.3. The number of anilines is 1. The summed E-state index contributed by atoms with van der Waals surface area (Å²) in [6.45, 7) is 8.23. The van der Waals surface area contributed by atoms with Gasteiger partial charge in [-0.15, -0.1) is 0 Å². The summed E-state index contributed by atoms with van der Waals surface area (Å²) >= 11 is 0. The molecule has 0 radical (unpaired) electrons. The Morgan fingerprint density at radius 1 is 1.25 bits per heavy atom. The number of fused-ring (bicyclic) bond motifs is 1. The third-order valence-electron chi connectivity index (χ3n) is 4.89. The Morgan fingerprint density at radius 3 is 2.62 bits per heavy atom. The van der Waals surface area contributed by atoms with E-state index >= 15 is 0 Å². The van der Waals surface area contributed by atoms with Crippen molar-refractivity contribution in [2.24, 2.45) is 0 Å². The van der Waals surface area contributed by atoms with Gasteiger partial charge in [0.15, 0.2) is 11.2 Å². The second kappa shape index (κ2) is 5.36. The second-order valence-corrected chi connectivity index (χ2v) is 7.06. The number of hydrogen-bond donors (Lipinski definition) is 0. The zero-order valence-corrected chi connectivity index (χ0v) is 14.3. The van der Waals surface area contributed by atoms with E-state index in [1.54, 1.807) is 0 Å². The predicted molar refractivity (Wildman–Crippen MR) is 88.4 cm³/mol. The standard InChI is InChI=1S/C17H22N4O3/c1-11(2)13-9-15(21-14(18-13)8-12(3)19-21)20-6-4-17(5-7-20)10-23-16(22)24-17/h8-9,11H,4-7,10H2,1-3H3. The van der Waals surface area contributed by atoms with Crippen LogP contribution in [0.2, 0.25) is 0 Å². The van der Waals surface area contributed by atoms with E-state index in [9.17, 15) is 4.79 Å². The molecule has 0 N–H and O–H groups in total. The van der Waals surface area contributed by atoms with Crippen molar-refractivity contribution < 1.29 is 14.3 Å². The van der Waals surface area contributed by atoms with Crippen LogP contribution in [0.15, 0.2) is 12.1 Å². The number of rotatable bonds is 2. The molecule has 4 heterocycles. The molecule has 128 valence electrons. The van der Waals surface area contributed by atoms with Gasteiger partial charge in [0, 0.05) is 43.8 Å². The smallest absolute Gasteiger partial charge is 0.430 e. The molecular formula is C17H22N4O3.